The molecule has 2 aromatic rings. The molecule has 0 spiro atoms. The van der Waals surface area contributed by atoms with Crippen LogP contribution in [0.25, 0.3) is 0 Å². The fourth-order valence-corrected chi connectivity index (χ4v) is 2.58. The van der Waals surface area contributed by atoms with Crippen LogP contribution >= 0.6 is 0 Å². The van der Waals surface area contributed by atoms with Gasteiger partial charge < -0.3 is 14.3 Å². The van der Waals surface area contributed by atoms with Gasteiger partial charge in [-0.2, -0.15) is 0 Å². The van der Waals surface area contributed by atoms with Gasteiger partial charge in [0.15, 0.2) is 0 Å². The van der Waals surface area contributed by atoms with E-state index in [-0.39, 0.29) is 13.2 Å². The summed E-state index contributed by atoms with van der Waals surface area (Å²) in [5.41, 5.74) is 3.95. The Morgan fingerprint density at radius 1 is 0.966 bits per heavy atom. The van der Waals surface area contributed by atoms with Crippen LogP contribution in [0.4, 0.5) is 9.59 Å². The second kappa shape index (κ2) is 12.2. The van der Waals surface area contributed by atoms with E-state index in [0.29, 0.717) is 19.1 Å². The normalized spacial score (nSPS) is 11.2. The van der Waals surface area contributed by atoms with E-state index in [4.69, 9.17) is 9.47 Å². The van der Waals surface area contributed by atoms with Crippen LogP contribution in [0.5, 0.6) is 0 Å². The molecule has 0 fully saturated rings. The zero-order valence-electron chi connectivity index (χ0n) is 16.5. The SMILES string of the molecule is CCCC[C@H](C=O)N(NC(=O)OCc1ccccc1)C(=O)OCc1ccccc1. The molecule has 0 aromatic heterocycles. The number of aldehydes is 1. The maximum Gasteiger partial charge on any atom is 0.429 e. The standard InChI is InChI=1S/C22H26N2O5/c1-2-3-14-20(15-25)24(22(27)29-17-19-12-8-5-9-13-19)23-21(26)28-16-18-10-6-4-7-11-18/h4-13,15,20H,2-3,14,16-17H2,1H3,(H,23,26)/t20-/m1/s1. The van der Waals surface area contributed by atoms with Crippen molar-refractivity contribution in [2.75, 3.05) is 0 Å². The van der Waals surface area contributed by atoms with E-state index in [1.165, 1.54) is 0 Å². The molecule has 0 saturated heterocycles. The second-order valence-electron chi connectivity index (χ2n) is 6.43. The van der Waals surface area contributed by atoms with Gasteiger partial charge in [-0.1, -0.05) is 80.4 Å². The molecule has 29 heavy (non-hydrogen) atoms. The molecule has 2 rings (SSSR count). The summed E-state index contributed by atoms with van der Waals surface area (Å²) in [5, 5.41) is 0.902. The molecule has 2 amide bonds. The summed E-state index contributed by atoms with van der Waals surface area (Å²) in [6.07, 6.45) is 0.922. The quantitative estimate of drug-likeness (QED) is 0.505. The van der Waals surface area contributed by atoms with Gasteiger partial charge in [-0.3, -0.25) is 0 Å². The molecule has 0 heterocycles. The van der Waals surface area contributed by atoms with Crippen LogP contribution in [0.3, 0.4) is 0 Å². The lowest BCUT2D eigenvalue weighted by atomic mass is 10.1. The highest BCUT2D eigenvalue weighted by Gasteiger charge is 2.27. The molecule has 7 nitrogen and oxygen atoms in total. The number of amides is 2. The lowest BCUT2D eigenvalue weighted by Gasteiger charge is -2.27. The van der Waals surface area contributed by atoms with Crippen LogP contribution in [-0.2, 0) is 27.5 Å². The lowest BCUT2D eigenvalue weighted by Crippen LogP contribution is -2.53. The van der Waals surface area contributed by atoms with Gasteiger partial charge in [-0.15, -0.1) is 0 Å². The molecule has 0 unspecified atom stereocenters. The highest BCUT2D eigenvalue weighted by molar-refractivity contribution is 5.77. The van der Waals surface area contributed by atoms with E-state index >= 15 is 0 Å². The Balaban J connectivity index is 1.99. The Kier molecular flexibility index (Phi) is 9.21. The third-order valence-corrected chi connectivity index (χ3v) is 4.17. The number of nitrogens with one attached hydrogen (secondary N) is 1. The molecular formula is C22H26N2O5. The summed E-state index contributed by atoms with van der Waals surface area (Å²) < 4.78 is 10.4. The van der Waals surface area contributed by atoms with Gasteiger partial charge in [0.1, 0.15) is 25.5 Å². The maximum atomic E-state index is 12.6. The van der Waals surface area contributed by atoms with Crippen LogP contribution in [0.1, 0.15) is 37.3 Å². The van der Waals surface area contributed by atoms with E-state index in [1.54, 1.807) is 0 Å². The summed E-state index contributed by atoms with van der Waals surface area (Å²) in [6, 6.07) is 17.4. The van der Waals surface area contributed by atoms with Crippen molar-refractivity contribution in [2.24, 2.45) is 0 Å². The van der Waals surface area contributed by atoms with Crippen LogP contribution < -0.4 is 5.43 Å². The minimum Gasteiger partial charge on any atom is -0.443 e. The molecule has 2 aromatic carbocycles. The van der Waals surface area contributed by atoms with E-state index < -0.39 is 18.2 Å². The van der Waals surface area contributed by atoms with Crippen molar-refractivity contribution in [3.63, 3.8) is 0 Å². The first-order valence-electron chi connectivity index (χ1n) is 9.56. The number of rotatable bonds is 9. The molecule has 0 aliphatic heterocycles. The molecule has 0 aliphatic carbocycles. The lowest BCUT2D eigenvalue weighted by molar-refractivity contribution is -0.113. The van der Waals surface area contributed by atoms with E-state index in [2.05, 4.69) is 5.43 Å². The third kappa shape index (κ3) is 7.65. The molecule has 0 aliphatic rings. The fraction of sp³-hybridized carbons (Fsp3) is 0.318. The van der Waals surface area contributed by atoms with Gasteiger partial charge in [0, 0.05) is 0 Å². The summed E-state index contributed by atoms with van der Waals surface area (Å²) in [6.45, 7) is 2.04. The summed E-state index contributed by atoms with van der Waals surface area (Å²) in [5.74, 6) is 0. The number of unbranched alkanes of at least 4 members (excludes halogenated alkanes) is 1. The Morgan fingerprint density at radius 2 is 1.52 bits per heavy atom. The summed E-state index contributed by atoms with van der Waals surface area (Å²) >= 11 is 0. The fourth-order valence-electron chi connectivity index (χ4n) is 2.58. The van der Waals surface area contributed by atoms with Crippen molar-refractivity contribution in [1.82, 2.24) is 10.4 Å². The summed E-state index contributed by atoms with van der Waals surface area (Å²) in [7, 11) is 0. The van der Waals surface area contributed by atoms with E-state index in [0.717, 1.165) is 22.6 Å². The molecule has 1 N–H and O–H groups in total. The number of hydrogen-bond donors (Lipinski definition) is 1. The predicted octanol–water partition coefficient (Wildman–Crippen LogP) is 4.22. The Morgan fingerprint density at radius 3 is 2.03 bits per heavy atom. The van der Waals surface area contributed by atoms with Crippen LogP contribution in [0.2, 0.25) is 0 Å². The number of nitrogens with zero attached hydrogens (tertiary/aromatic N) is 1. The first-order chi connectivity index (χ1) is 14.1. The monoisotopic (exact) mass is 398 g/mol. The van der Waals surface area contributed by atoms with Crippen molar-refractivity contribution in [3.05, 3.63) is 71.8 Å². The molecule has 1 atom stereocenters. The van der Waals surface area contributed by atoms with Crippen molar-refractivity contribution in [1.29, 1.82) is 0 Å². The number of hydrazine groups is 1. The van der Waals surface area contributed by atoms with Crippen LogP contribution in [-0.4, -0.2) is 29.5 Å². The molecule has 0 saturated carbocycles. The number of carbonyl (C=O) groups excluding carboxylic acids is 3. The highest BCUT2D eigenvalue weighted by Crippen LogP contribution is 2.10. The molecule has 7 heteroatoms. The second-order valence-corrected chi connectivity index (χ2v) is 6.43. The Hall–Kier alpha value is -3.35. The molecule has 0 bridgehead atoms. The average Bonchev–Trinajstić information content (AvgIpc) is 2.77. The van der Waals surface area contributed by atoms with Crippen molar-refractivity contribution in [3.8, 4) is 0 Å². The number of carbonyl (C=O) groups is 3. The van der Waals surface area contributed by atoms with Gasteiger partial charge in [0.2, 0.25) is 0 Å². The minimum absolute atomic E-state index is 0.0241. The van der Waals surface area contributed by atoms with Gasteiger partial charge >= 0.3 is 12.2 Å². The van der Waals surface area contributed by atoms with Crippen LogP contribution in [0, 0.1) is 0 Å². The first kappa shape index (κ1) is 21.9. The highest BCUT2D eigenvalue weighted by atomic mass is 16.6. The largest absolute Gasteiger partial charge is 0.443 e. The van der Waals surface area contributed by atoms with Gasteiger partial charge in [-0.05, 0) is 17.5 Å². The van der Waals surface area contributed by atoms with E-state index in [9.17, 15) is 14.4 Å². The topological polar surface area (TPSA) is 84.9 Å². The van der Waals surface area contributed by atoms with Crippen molar-refractivity contribution in [2.45, 2.75) is 45.4 Å². The van der Waals surface area contributed by atoms with Crippen molar-refractivity contribution >= 4 is 18.5 Å². The van der Waals surface area contributed by atoms with E-state index in [1.807, 2.05) is 67.6 Å². The van der Waals surface area contributed by atoms with Gasteiger partial charge in [0.05, 0.1) is 0 Å². The average molecular weight is 398 g/mol. The molecule has 154 valence electrons. The predicted molar refractivity (Wildman–Crippen MR) is 108 cm³/mol. The summed E-state index contributed by atoms with van der Waals surface area (Å²) in [4.78, 5) is 36.3. The third-order valence-electron chi connectivity index (χ3n) is 4.17. The molecular weight excluding hydrogens is 372 g/mol. The zero-order chi connectivity index (χ0) is 20.9. The van der Waals surface area contributed by atoms with Crippen molar-refractivity contribution < 1.29 is 23.9 Å². The number of benzene rings is 2. The van der Waals surface area contributed by atoms with Gasteiger partial charge in [-0.25, -0.2) is 20.0 Å². The molecule has 0 radical (unpaired) electrons. The number of hydrogen-bond acceptors (Lipinski definition) is 5. The van der Waals surface area contributed by atoms with Crippen LogP contribution in [0.15, 0.2) is 60.7 Å². The Bertz CT molecular complexity index is 767. The van der Waals surface area contributed by atoms with Gasteiger partial charge in [0.25, 0.3) is 0 Å². The zero-order valence-corrected chi connectivity index (χ0v) is 16.5. The first-order valence-corrected chi connectivity index (χ1v) is 9.56. The number of ether oxygens (including phenoxy) is 2. The maximum absolute atomic E-state index is 12.6. The smallest absolute Gasteiger partial charge is 0.429 e. The minimum atomic E-state index is -0.845. The Labute approximate surface area is 170 Å².